The number of esters is 1. The lowest BCUT2D eigenvalue weighted by molar-refractivity contribution is -0.143. The molecule has 2 N–H and O–H groups in total. The number of fused-ring (bicyclic) bond motifs is 1. The molecule has 2 aromatic rings. The SMILES string of the molecule is CCOC(=O)CC/C=C/c1cc(C)c(F)cc1[C@@H](CC)OC[C@H](O)CNC(C)(C)CC1Cc2ccccc2C1. The average molecular weight is 540 g/mol. The molecule has 0 amide bonds. The summed E-state index contributed by atoms with van der Waals surface area (Å²) in [7, 11) is 0. The van der Waals surface area contributed by atoms with Crippen LogP contribution in [0.5, 0.6) is 0 Å². The Morgan fingerprint density at radius 3 is 2.54 bits per heavy atom. The van der Waals surface area contributed by atoms with Gasteiger partial charge in [-0.3, -0.25) is 4.79 Å². The summed E-state index contributed by atoms with van der Waals surface area (Å²) in [6.45, 7) is 10.8. The molecule has 0 fully saturated rings. The van der Waals surface area contributed by atoms with E-state index in [0.29, 0.717) is 43.9 Å². The van der Waals surface area contributed by atoms with Crippen molar-refractivity contribution in [2.75, 3.05) is 19.8 Å². The zero-order valence-electron chi connectivity index (χ0n) is 24.3. The Balaban J connectivity index is 1.53. The van der Waals surface area contributed by atoms with E-state index in [1.807, 2.05) is 19.1 Å². The summed E-state index contributed by atoms with van der Waals surface area (Å²) >= 11 is 0. The molecule has 3 rings (SSSR count). The van der Waals surface area contributed by atoms with Crippen molar-refractivity contribution in [3.05, 3.63) is 76.1 Å². The van der Waals surface area contributed by atoms with Crippen molar-refractivity contribution in [3.63, 3.8) is 0 Å². The van der Waals surface area contributed by atoms with Gasteiger partial charge < -0.3 is 19.9 Å². The zero-order valence-corrected chi connectivity index (χ0v) is 24.3. The summed E-state index contributed by atoms with van der Waals surface area (Å²) in [5.74, 6) is 0.0863. The highest BCUT2D eigenvalue weighted by molar-refractivity contribution is 5.69. The molecule has 2 aromatic carbocycles. The first-order chi connectivity index (χ1) is 18.6. The minimum atomic E-state index is -0.682. The van der Waals surface area contributed by atoms with Gasteiger partial charge in [-0.05, 0) is 106 Å². The Kier molecular flexibility index (Phi) is 11.7. The van der Waals surface area contributed by atoms with E-state index in [4.69, 9.17) is 9.47 Å². The molecule has 0 saturated heterocycles. The maximum absolute atomic E-state index is 14.5. The molecule has 0 spiro atoms. The quantitative estimate of drug-likeness (QED) is 0.253. The highest BCUT2D eigenvalue weighted by atomic mass is 19.1. The van der Waals surface area contributed by atoms with Crippen LogP contribution in [0, 0.1) is 18.7 Å². The maximum atomic E-state index is 14.5. The maximum Gasteiger partial charge on any atom is 0.306 e. The van der Waals surface area contributed by atoms with E-state index in [0.717, 1.165) is 30.4 Å². The number of aryl methyl sites for hydroxylation is 1. The summed E-state index contributed by atoms with van der Waals surface area (Å²) in [6, 6.07) is 12.0. The fourth-order valence-corrected chi connectivity index (χ4v) is 5.48. The van der Waals surface area contributed by atoms with Crippen LogP contribution in [0.15, 0.2) is 42.5 Å². The summed E-state index contributed by atoms with van der Waals surface area (Å²) < 4.78 is 25.6. The first-order valence-corrected chi connectivity index (χ1v) is 14.4. The van der Waals surface area contributed by atoms with Gasteiger partial charge in [-0.2, -0.15) is 0 Å². The lowest BCUT2D eigenvalue weighted by Gasteiger charge is -2.31. The number of rotatable bonds is 15. The predicted octanol–water partition coefficient (Wildman–Crippen LogP) is 6.49. The van der Waals surface area contributed by atoms with Gasteiger partial charge in [0.25, 0.3) is 0 Å². The number of benzene rings is 2. The van der Waals surface area contributed by atoms with Crippen LogP contribution in [0.4, 0.5) is 4.39 Å². The topological polar surface area (TPSA) is 67.8 Å². The largest absolute Gasteiger partial charge is 0.466 e. The van der Waals surface area contributed by atoms with Gasteiger partial charge in [0.05, 0.1) is 25.4 Å². The van der Waals surface area contributed by atoms with Crippen LogP contribution in [-0.2, 0) is 27.1 Å². The van der Waals surface area contributed by atoms with E-state index in [9.17, 15) is 14.3 Å². The second-order valence-electron chi connectivity index (χ2n) is 11.4. The molecule has 6 heteroatoms. The standard InChI is InChI=1S/C33H46FNO4/c1-6-31(29-19-30(34)23(3)16-27(29)14-10-11-15-32(37)38-7-2)39-22-28(36)21-35-33(4,5)20-24-17-25-12-8-9-13-26(25)18-24/h8-10,12-14,16,19,24,28,31,35-36H,6-7,11,15,17-18,20-22H2,1-5H3/b14-10+/t28-,31-/m1/s1. The van der Waals surface area contributed by atoms with Crippen molar-refractivity contribution in [1.29, 1.82) is 0 Å². The predicted molar refractivity (Wildman–Crippen MR) is 155 cm³/mol. The molecule has 0 aromatic heterocycles. The van der Waals surface area contributed by atoms with E-state index in [-0.39, 0.29) is 30.0 Å². The number of carbonyl (C=O) groups is 1. The molecule has 5 nitrogen and oxygen atoms in total. The number of halogens is 1. The number of β-amino-alcohol motifs (C(OH)–C–C–N with tert-alkyl or cyclic N) is 1. The van der Waals surface area contributed by atoms with E-state index in [1.165, 1.54) is 17.2 Å². The second-order valence-corrected chi connectivity index (χ2v) is 11.4. The number of aliphatic hydroxyl groups excluding tert-OH is 1. The number of hydrogen-bond donors (Lipinski definition) is 2. The van der Waals surface area contributed by atoms with Crippen molar-refractivity contribution < 1.29 is 23.8 Å². The van der Waals surface area contributed by atoms with Crippen LogP contribution in [0.25, 0.3) is 6.08 Å². The minimum absolute atomic E-state index is 0.112. The molecule has 0 unspecified atom stereocenters. The van der Waals surface area contributed by atoms with Crippen molar-refractivity contribution in [2.45, 2.75) is 90.9 Å². The second kappa shape index (κ2) is 14.7. The number of hydrogen-bond acceptors (Lipinski definition) is 5. The number of nitrogens with one attached hydrogen (secondary N) is 1. The highest BCUT2D eigenvalue weighted by Crippen LogP contribution is 2.32. The summed E-state index contributed by atoms with van der Waals surface area (Å²) in [4.78, 5) is 11.6. The summed E-state index contributed by atoms with van der Waals surface area (Å²) in [5, 5.41) is 14.3. The van der Waals surface area contributed by atoms with Gasteiger partial charge in [-0.25, -0.2) is 4.39 Å². The first kappa shape index (κ1) is 31.0. The van der Waals surface area contributed by atoms with Crippen LogP contribution in [0.2, 0.25) is 0 Å². The molecular formula is C33H46FNO4. The third-order valence-corrected chi connectivity index (χ3v) is 7.44. The lowest BCUT2D eigenvalue weighted by atomic mass is 9.88. The number of carbonyl (C=O) groups excluding carboxylic acids is 1. The fraction of sp³-hybridized carbons (Fsp3) is 0.545. The summed E-state index contributed by atoms with van der Waals surface area (Å²) in [5.41, 5.74) is 4.95. The normalized spacial score (nSPS) is 15.5. The molecule has 39 heavy (non-hydrogen) atoms. The van der Waals surface area contributed by atoms with Crippen molar-refractivity contribution in [3.8, 4) is 0 Å². The number of ether oxygens (including phenoxy) is 2. The van der Waals surface area contributed by atoms with Crippen LogP contribution in [0.1, 0.15) is 87.3 Å². The highest BCUT2D eigenvalue weighted by Gasteiger charge is 2.28. The first-order valence-electron chi connectivity index (χ1n) is 14.4. The Bertz CT molecular complexity index is 1090. The Morgan fingerprint density at radius 2 is 1.90 bits per heavy atom. The lowest BCUT2D eigenvalue weighted by Crippen LogP contribution is -2.45. The van der Waals surface area contributed by atoms with Crippen molar-refractivity contribution in [1.82, 2.24) is 5.32 Å². The molecule has 0 aliphatic heterocycles. The van der Waals surface area contributed by atoms with Crippen LogP contribution >= 0.6 is 0 Å². The molecule has 1 aliphatic carbocycles. The summed E-state index contributed by atoms with van der Waals surface area (Å²) in [6.07, 6.45) is 7.51. The zero-order chi connectivity index (χ0) is 28.4. The smallest absolute Gasteiger partial charge is 0.306 e. The van der Waals surface area contributed by atoms with E-state index >= 15 is 0 Å². The monoisotopic (exact) mass is 539 g/mol. The molecule has 0 bridgehead atoms. The van der Waals surface area contributed by atoms with Crippen LogP contribution < -0.4 is 5.32 Å². The van der Waals surface area contributed by atoms with E-state index in [2.05, 4.69) is 43.4 Å². The van der Waals surface area contributed by atoms with E-state index in [1.54, 1.807) is 19.9 Å². The third kappa shape index (κ3) is 9.55. The Labute approximate surface area is 233 Å². The van der Waals surface area contributed by atoms with Gasteiger partial charge in [-0.15, -0.1) is 0 Å². The van der Waals surface area contributed by atoms with Gasteiger partial charge in [-0.1, -0.05) is 43.3 Å². The molecule has 0 radical (unpaired) electrons. The Hall–Kier alpha value is -2.54. The minimum Gasteiger partial charge on any atom is -0.466 e. The van der Waals surface area contributed by atoms with Crippen LogP contribution in [0.3, 0.4) is 0 Å². The molecular weight excluding hydrogens is 493 g/mol. The average Bonchev–Trinajstić information content (AvgIpc) is 3.30. The Morgan fingerprint density at radius 1 is 1.21 bits per heavy atom. The van der Waals surface area contributed by atoms with Crippen molar-refractivity contribution >= 4 is 12.0 Å². The molecule has 0 heterocycles. The molecule has 2 atom stereocenters. The number of aliphatic hydroxyl groups is 1. The molecule has 214 valence electrons. The molecule has 1 aliphatic rings. The van der Waals surface area contributed by atoms with Crippen LogP contribution in [-0.4, -0.2) is 42.5 Å². The van der Waals surface area contributed by atoms with Gasteiger partial charge >= 0.3 is 5.97 Å². The molecule has 0 saturated carbocycles. The third-order valence-electron chi connectivity index (χ3n) is 7.44. The number of allylic oxidation sites excluding steroid dienone is 1. The van der Waals surface area contributed by atoms with E-state index < -0.39 is 6.10 Å². The van der Waals surface area contributed by atoms with Gasteiger partial charge in [0, 0.05) is 18.5 Å². The fourth-order valence-electron chi connectivity index (χ4n) is 5.48. The van der Waals surface area contributed by atoms with Gasteiger partial charge in [0.1, 0.15) is 5.82 Å². The van der Waals surface area contributed by atoms with Crippen molar-refractivity contribution in [2.24, 2.45) is 5.92 Å². The van der Waals surface area contributed by atoms with Gasteiger partial charge in [0.2, 0.25) is 0 Å². The van der Waals surface area contributed by atoms with Gasteiger partial charge in [0.15, 0.2) is 0 Å².